The average molecular weight is 254 g/mol. The van der Waals surface area contributed by atoms with Gasteiger partial charge in [-0.3, -0.25) is 4.31 Å². The maximum Gasteiger partial charge on any atom is 0.234 e. The molecule has 0 radical (unpaired) electrons. The Hall–Kier alpha value is -1.23. The summed E-state index contributed by atoms with van der Waals surface area (Å²) in [6.07, 6.45) is 0.852. The third kappa shape index (κ3) is 2.24. The zero-order chi connectivity index (χ0) is 12.5. The van der Waals surface area contributed by atoms with Crippen LogP contribution in [0.4, 0.5) is 11.4 Å². The monoisotopic (exact) mass is 254 g/mol. The normalized spacial score (nSPS) is 16.6. The Balaban J connectivity index is 2.53. The Morgan fingerprint density at radius 2 is 1.82 bits per heavy atom. The van der Waals surface area contributed by atoms with E-state index >= 15 is 0 Å². The fourth-order valence-electron chi connectivity index (χ4n) is 2.14. The van der Waals surface area contributed by atoms with Gasteiger partial charge in [-0.05, 0) is 25.5 Å². The van der Waals surface area contributed by atoms with Gasteiger partial charge in [-0.15, -0.1) is 0 Å². The van der Waals surface area contributed by atoms with Crippen LogP contribution in [-0.2, 0) is 10.0 Å². The van der Waals surface area contributed by atoms with Crippen molar-refractivity contribution in [1.29, 1.82) is 0 Å². The molecule has 1 aromatic rings. The lowest BCUT2D eigenvalue weighted by Crippen LogP contribution is -2.32. The van der Waals surface area contributed by atoms with Crippen molar-refractivity contribution >= 4 is 21.4 Å². The Kier molecular flexibility index (Phi) is 3.28. The van der Waals surface area contributed by atoms with Gasteiger partial charge in [0.15, 0.2) is 0 Å². The molecule has 0 amide bonds. The Morgan fingerprint density at radius 3 is 2.47 bits per heavy atom. The van der Waals surface area contributed by atoms with Gasteiger partial charge in [0.2, 0.25) is 10.0 Å². The van der Waals surface area contributed by atoms with Gasteiger partial charge >= 0.3 is 0 Å². The first-order valence-corrected chi connectivity index (χ1v) is 7.48. The Labute approximate surface area is 103 Å². The fourth-order valence-corrected chi connectivity index (χ4v) is 3.31. The van der Waals surface area contributed by atoms with Crippen molar-refractivity contribution in [1.82, 2.24) is 0 Å². The second-order valence-electron chi connectivity index (χ2n) is 4.24. The van der Waals surface area contributed by atoms with Gasteiger partial charge in [0.1, 0.15) is 0 Å². The van der Waals surface area contributed by atoms with Crippen molar-refractivity contribution in [3.63, 3.8) is 0 Å². The van der Waals surface area contributed by atoms with Gasteiger partial charge in [0.05, 0.1) is 17.1 Å². The third-order valence-corrected chi connectivity index (χ3v) is 4.90. The van der Waals surface area contributed by atoms with Crippen LogP contribution < -0.4 is 9.21 Å². The number of rotatable bonds is 2. The molecule has 1 aliphatic heterocycles. The molecule has 0 bridgehead atoms. The van der Waals surface area contributed by atoms with Crippen LogP contribution in [0.15, 0.2) is 24.3 Å². The molecule has 17 heavy (non-hydrogen) atoms. The Bertz CT molecular complexity index is 499. The number of sulfonamides is 1. The van der Waals surface area contributed by atoms with Gasteiger partial charge in [0, 0.05) is 20.1 Å². The van der Waals surface area contributed by atoms with E-state index in [0.717, 1.165) is 24.3 Å². The van der Waals surface area contributed by atoms with Crippen molar-refractivity contribution in [2.24, 2.45) is 0 Å². The summed E-state index contributed by atoms with van der Waals surface area (Å²) >= 11 is 0. The highest BCUT2D eigenvalue weighted by Crippen LogP contribution is 2.32. The van der Waals surface area contributed by atoms with Crippen molar-refractivity contribution in [2.45, 2.75) is 13.3 Å². The average Bonchev–Trinajstić information content (AvgIpc) is 2.50. The van der Waals surface area contributed by atoms with Crippen LogP contribution in [0.1, 0.15) is 13.3 Å². The topological polar surface area (TPSA) is 40.6 Å². The van der Waals surface area contributed by atoms with Crippen molar-refractivity contribution in [2.75, 3.05) is 35.1 Å². The summed E-state index contributed by atoms with van der Waals surface area (Å²) in [6, 6.07) is 7.68. The van der Waals surface area contributed by atoms with E-state index in [1.54, 1.807) is 11.2 Å². The van der Waals surface area contributed by atoms with E-state index in [1.807, 2.05) is 31.3 Å². The molecule has 4 nitrogen and oxygen atoms in total. The summed E-state index contributed by atoms with van der Waals surface area (Å²) in [5, 5.41) is 0. The van der Waals surface area contributed by atoms with E-state index in [9.17, 15) is 8.42 Å². The van der Waals surface area contributed by atoms with Crippen LogP contribution >= 0.6 is 0 Å². The molecule has 0 unspecified atom stereocenters. The molecule has 94 valence electrons. The van der Waals surface area contributed by atoms with Crippen LogP contribution in [0.5, 0.6) is 0 Å². The van der Waals surface area contributed by atoms with Crippen LogP contribution in [0.25, 0.3) is 0 Å². The molecule has 0 atom stereocenters. The summed E-state index contributed by atoms with van der Waals surface area (Å²) < 4.78 is 25.7. The second-order valence-corrected chi connectivity index (χ2v) is 6.42. The van der Waals surface area contributed by atoms with Gasteiger partial charge < -0.3 is 4.90 Å². The van der Waals surface area contributed by atoms with Crippen LogP contribution in [0.2, 0.25) is 0 Å². The molecule has 0 saturated heterocycles. The standard InChI is InChI=1S/C12H18N2O2S/c1-3-17(15,16)14-10-6-9-13(2)11-7-4-5-8-12(11)14/h4-5,7-8H,3,6,9-10H2,1-2H3. The molecule has 0 aliphatic carbocycles. The lowest BCUT2D eigenvalue weighted by atomic mass is 10.2. The smallest absolute Gasteiger partial charge is 0.234 e. The van der Waals surface area contributed by atoms with E-state index in [2.05, 4.69) is 4.90 Å². The van der Waals surface area contributed by atoms with E-state index in [4.69, 9.17) is 0 Å². The minimum Gasteiger partial charge on any atom is -0.373 e. The van der Waals surface area contributed by atoms with E-state index in [0.29, 0.717) is 6.54 Å². The molecule has 1 heterocycles. The number of benzene rings is 1. The van der Waals surface area contributed by atoms with Crippen LogP contribution in [0.3, 0.4) is 0 Å². The first-order valence-electron chi connectivity index (χ1n) is 5.87. The fraction of sp³-hybridized carbons (Fsp3) is 0.500. The van der Waals surface area contributed by atoms with Crippen molar-refractivity contribution in [3.8, 4) is 0 Å². The van der Waals surface area contributed by atoms with Crippen molar-refractivity contribution in [3.05, 3.63) is 24.3 Å². The summed E-state index contributed by atoms with van der Waals surface area (Å²) in [6.45, 7) is 3.14. The molecule has 1 aliphatic rings. The number of para-hydroxylation sites is 2. The molecule has 0 spiro atoms. The largest absolute Gasteiger partial charge is 0.373 e. The predicted octanol–water partition coefficient (Wildman–Crippen LogP) is 1.68. The van der Waals surface area contributed by atoms with Gasteiger partial charge in [-0.2, -0.15) is 0 Å². The minimum atomic E-state index is -3.17. The van der Waals surface area contributed by atoms with E-state index < -0.39 is 10.0 Å². The Morgan fingerprint density at radius 1 is 1.18 bits per heavy atom. The molecule has 0 fully saturated rings. The molecular formula is C12H18N2O2S. The van der Waals surface area contributed by atoms with Crippen LogP contribution in [0, 0.1) is 0 Å². The highest BCUT2D eigenvalue weighted by molar-refractivity contribution is 7.92. The van der Waals surface area contributed by atoms with Gasteiger partial charge in [-0.1, -0.05) is 12.1 Å². The molecule has 1 aromatic carbocycles. The molecule has 2 rings (SSSR count). The van der Waals surface area contributed by atoms with Gasteiger partial charge in [-0.25, -0.2) is 8.42 Å². The quantitative estimate of drug-likeness (QED) is 0.806. The number of hydrogen-bond donors (Lipinski definition) is 0. The first-order chi connectivity index (χ1) is 8.06. The lowest BCUT2D eigenvalue weighted by Gasteiger charge is -2.24. The summed E-state index contributed by atoms with van der Waals surface area (Å²) in [5.41, 5.74) is 1.79. The summed E-state index contributed by atoms with van der Waals surface area (Å²) in [5.74, 6) is 0.144. The van der Waals surface area contributed by atoms with E-state index in [-0.39, 0.29) is 5.75 Å². The molecule has 0 aromatic heterocycles. The molecule has 0 N–H and O–H groups in total. The van der Waals surface area contributed by atoms with Gasteiger partial charge in [0.25, 0.3) is 0 Å². The summed E-state index contributed by atoms with van der Waals surface area (Å²) in [7, 11) is -1.17. The second kappa shape index (κ2) is 4.56. The first kappa shape index (κ1) is 12.2. The summed E-state index contributed by atoms with van der Waals surface area (Å²) in [4.78, 5) is 2.11. The third-order valence-electron chi connectivity index (χ3n) is 3.12. The maximum atomic E-state index is 12.1. The lowest BCUT2D eigenvalue weighted by molar-refractivity contribution is 0.591. The van der Waals surface area contributed by atoms with Crippen LogP contribution in [-0.4, -0.2) is 34.3 Å². The molecular weight excluding hydrogens is 236 g/mol. The minimum absolute atomic E-state index is 0.144. The van der Waals surface area contributed by atoms with Crippen molar-refractivity contribution < 1.29 is 8.42 Å². The number of fused-ring (bicyclic) bond motifs is 1. The SMILES string of the molecule is CCS(=O)(=O)N1CCCN(C)c2ccccc21. The zero-order valence-electron chi connectivity index (χ0n) is 10.3. The highest BCUT2D eigenvalue weighted by Gasteiger charge is 2.25. The van der Waals surface area contributed by atoms with E-state index in [1.165, 1.54) is 0 Å². The number of hydrogen-bond acceptors (Lipinski definition) is 3. The maximum absolute atomic E-state index is 12.1. The highest BCUT2D eigenvalue weighted by atomic mass is 32.2. The molecule has 0 saturated carbocycles. The predicted molar refractivity (Wildman–Crippen MR) is 71.1 cm³/mol. The molecule has 5 heteroatoms. The number of nitrogens with zero attached hydrogens (tertiary/aromatic N) is 2. The number of anilines is 2. The zero-order valence-corrected chi connectivity index (χ0v) is 11.1.